The van der Waals surface area contributed by atoms with E-state index in [9.17, 15) is 4.79 Å². The van der Waals surface area contributed by atoms with Gasteiger partial charge in [-0.3, -0.25) is 9.69 Å². The van der Waals surface area contributed by atoms with E-state index in [0.29, 0.717) is 24.3 Å². The van der Waals surface area contributed by atoms with Gasteiger partial charge < -0.3 is 5.32 Å². The van der Waals surface area contributed by atoms with E-state index in [1.54, 1.807) is 0 Å². The lowest BCUT2D eigenvalue weighted by atomic mass is 9.97. The fourth-order valence-electron chi connectivity index (χ4n) is 4.14. The second kappa shape index (κ2) is 6.82. The van der Waals surface area contributed by atoms with Gasteiger partial charge in [-0.05, 0) is 36.2 Å². The minimum absolute atomic E-state index is 0.238. The zero-order valence-electron chi connectivity index (χ0n) is 13.8. The predicted octanol–water partition coefficient (Wildman–Crippen LogP) is 3.06. The molecule has 22 heavy (non-hydrogen) atoms. The van der Waals surface area contributed by atoms with Gasteiger partial charge >= 0.3 is 0 Å². The van der Waals surface area contributed by atoms with Crippen LogP contribution in [0.1, 0.15) is 38.7 Å². The summed E-state index contributed by atoms with van der Waals surface area (Å²) in [7, 11) is 0. The maximum absolute atomic E-state index is 12.0. The molecular formula is C19H28N2O. The molecule has 120 valence electrons. The van der Waals surface area contributed by atoms with E-state index in [1.165, 1.54) is 24.9 Å². The highest BCUT2D eigenvalue weighted by molar-refractivity contribution is 5.76. The SMILES string of the molecule is CC(C)CC(=O)N[C@H]1CC[C@@H]2CN(Cc3ccccc3)C[C@@H]21. The molecule has 0 bridgehead atoms. The highest BCUT2D eigenvalue weighted by Crippen LogP contribution is 2.38. The molecule has 2 fully saturated rings. The number of hydrogen-bond acceptors (Lipinski definition) is 2. The number of rotatable bonds is 5. The molecule has 1 N–H and O–H groups in total. The van der Waals surface area contributed by atoms with Gasteiger partial charge in [-0.1, -0.05) is 44.2 Å². The first-order valence-corrected chi connectivity index (χ1v) is 8.67. The van der Waals surface area contributed by atoms with Gasteiger partial charge in [-0.25, -0.2) is 0 Å². The van der Waals surface area contributed by atoms with E-state index in [0.717, 1.165) is 19.0 Å². The Bertz CT molecular complexity index is 499. The Hall–Kier alpha value is -1.35. The number of nitrogens with one attached hydrogen (secondary N) is 1. The summed E-state index contributed by atoms with van der Waals surface area (Å²) in [6, 6.07) is 11.1. The zero-order chi connectivity index (χ0) is 15.5. The van der Waals surface area contributed by atoms with E-state index in [4.69, 9.17) is 0 Å². The zero-order valence-corrected chi connectivity index (χ0v) is 13.8. The molecule has 0 spiro atoms. The van der Waals surface area contributed by atoms with Gasteiger partial charge in [-0.15, -0.1) is 0 Å². The molecule has 1 heterocycles. The second-order valence-electron chi connectivity index (χ2n) is 7.45. The minimum atomic E-state index is 0.238. The van der Waals surface area contributed by atoms with Gasteiger partial charge in [0.25, 0.3) is 0 Å². The number of nitrogens with zero attached hydrogens (tertiary/aromatic N) is 1. The molecule has 1 aromatic carbocycles. The molecule has 1 aliphatic carbocycles. The monoisotopic (exact) mass is 300 g/mol. The molecule has 3 rings (SSSR count). The smallest absolute Gasteiger partial charge is 0.220 e. The van der Waals surface area contributed by atoms with Crippen molar-refractivity contribution in [3.05, 3.63) is 35.9 Å². The van der Waals surface area contributed by atoms with Crippen molar-refractivity contribution in [2.45, 2.75) is 45.7 Å². The first kappa shape index (κ1) is 15.5. The molecule has 0 radical (unpaired) electrons. The molecule has 3 nitrogen and oxygen atoms in total. The van der Waals surface area contributed by atoms with Crippen LogP contribution in [-0.4, -0.2) is 29.9 Å². The summed E-state index contributed by atoms with van der Waals surface area (Å²) in [5, 5.41) is 3.30. The Morgan fingerprint density at radius 2 is 2.00 bits per heavy atom. The normalized spacial score (nSPS) is 28.0. The third kappa shape index (κ3) is 3.70. The van der Waals surface area contributed by atoms with Crippen LogP contribution in [0.3, 0.4) is 0 Å². The van der Waals surface area contributed by atoms with Crippen molar-refractivity contribution < 1.29 is 4.79 Å². The van der Waals surface area contributed by atoms with Crippen LogP contribution in [0.4, 0.5) is 0 Å². The highest BCUT2D eigenvalue weighted by atomic mass is 16.1. The Morgan fingerprint density at radius 3 is 2.73 bits per heavy atom. The fraction of sp³-hybridized carbons (Fsp3) is 0.632. The van der Waals surface area contributed by atoms with Crippen LogP contribution in [0, 0.1) is 17.8 Å². The van der Waals surface area contributed by atoms with Crippen molar-refractivity contribution in [1.29, 1.82) is 0 Å². The molecule has 1 amide bonds. The molecule has 1 aliphatic heterocycles. The maximum atomic E-state index is 12.0. The maximum Gasteiger partial charge on any atom is 0.220 e. The van der Waals surface area contributed by atoms with E-state index < -0.39 is 0 Å². The van der Waals surface area contributed by atoms with Gasteiger partial charge in [0.15, 0.2) is 0 Å². The Balaban J connectivity index is 1.53. The number of carbonyl (C=O) groups is 1. The number of amides is 1. The fourth-order valence-corrected chi connectivity index (χ4v) is 4.14. The predicted molar refractivity (Wildman–Crippen MR) is 89.3 cm³/mol. The summed E-state index contributed by atoms with van der Waals surface area (Å²) >= 11 is 0. The number of hydrogen-bond donors (Lipinski definition) is 1. The average molecular weight is 300 g/mol. The Kier molecular flexibility index (Phi) is 4.82. The van der Waals surface area contributed by atoms with Crippen molar-refractivity contribution in [3.63, 3.8) is 0 Å². The van der Waals surface area contributed by atoms with Crippen LogP contribution in [0.5, 0.6) is 0 Å². The molecule has 0 aromatic heterocycles. The first-order chi connectivity index (χ1) is 10.6. The molecule has 1 saturated heterocycles. The van der Waals surface area contributed by atoms with Gasteiger partial charge in [0.2, 0.25) is 5.91 Å². The highest BCUT2D eigenvalue weighted by Gasteiger charge is 2.42. The summed E-state index contributed by atoms with van der Waals surface area (Å²) in [5.74, 6) is 2.10. The summed E-state index contributed by atoms with van der Waals surface area (Å²) in [5.41, 5.74) is 1.39. The lowest BCUT2D eigenvalue weighted by Gasteiger charge is -2.22. The summed E-state index contributed by atoms with van der Waals surface area (Å²) in [4.78, 5) is 14.6. The molecule has 2 aliphatic rings. The van der Waals surface area contributed by atoms with Crippen LogP contribution in [0.2, 0.25) is 0 Å². The molecule has 3 heteroatoms. The van der Waals surface area contributed by atoms with E-state index in [1.807, 2.05) is 0 Å². The van der Waals surface area contributed by atoms with Crippen LogP contribution in [-0.2, 0) is 11.3 Å². The number of fused-ring (bicyclic) bond motifs is 1. The third-order valence-electron chi connectivity index (χ3n) is 5.12. The topological polar surface area (TPSA) is 32.3 Å². The molecular weight excluding hydrogens is 272 g/mol. The van der Waals surface area contributed by atoms with Crippen molar-refractivity contribution in [2.24, 2.45) is 17.8 Å². The van der Waals surface area contributed by atoms with Crippen LogP contribution < -0.4 is 5.32 Å². The Morgan fingerprint density at radius 1 is 1.23 bits per heavy atom. The van der Waals surface area contributed by atoms with Gasteiger partial charge in [-0.2, -0.15) is 0 Å². The van der Waals surface area contributed by atoms with Crippen LogP contribution >= 0.6 is 0 Å². The molecule has 0 unspecified atom stereocenters. The first-order valence-electron chi connectivity index (χ1n) is 8.67. The summed E-state index contributed by atoms with van der Waals surface area (Å²) in [6.07, 6.45) is 3.09. The van der Waals surface area contributed by atoms with Gasteiger partial charge in [0, 0.05) is 32.1 Å². The van der Waals surface area contributed by atoms with E-state index >= 15 is 0 Å². The van der Waals surface area contributed by atoms with Crippen LogP contribution in [0.25, 0.3) is 0 Å². The van der Waals surface area contributed by atoms with Crippen molar-refractivity contribution in [3.8, 4) is 0 Å². The van der Waals surface area contributed by atoms with Crippen molar-refractivity contribution in [2.75, 3.05) is 13.1 Å². The third-order valence-corrected chi connectivity index (χ3v) is 5.12. The quantitative estimate of drug-likeness (QED) is 0.906. The van der Waals surface area contributed by atoms with Crippen molar-refractivity contribution in [1.82, 2.24) is 10.2 Å². The van der Waals surface area contributed by atoms with E-state index in [-0.39, 0.29) is 5.91 Å². The number of benzene rings is 1. The summed E-state index contributed by atoms with van der Waals surface area (Å²) < 4.78 is 0. The standard InChI is InChI=1S/C19H28N2O/c1-14(2)10-19(22)20-18-9-8-16-12-21(13-17(16)18)11-15-6-4-3-5-7-15/h3-7,14,16-18H,8-13H2,1-2H3,(H,20,22)/t16-,17+,18+/m1/s1. The molecule has 3 atom stereocenters. The second-order valence-corrected chi connectivity index (χ2v) is 7.45. The van der Waals surface area contributed by atoms with Gasteiger partial charge in [0.1, 0.15) is 0 Å². The lowest BCUT2D eigenvalue weighted by Crippen LogP contribution is -2.40. The number of carbonyl (C=O) groups excluding carboxylic acids is 1. The summed E-state index contributed by atoms with van der Waals surface area (Å²) in [6.45, 7) is 7.57. The Labute approximate surface area is 134 Å². The van der Waals surface area contributed by atoms with E-state index in [2.05, 4.69) is 54.4 Å². The van der Waals surface area contributed by atoms with Gasteiger partial charge in [0.05, 0.1) is 0 Å². The minimum Gasteiger partial charge on any atom is -0.353 e. The molecule has 1 saturated carbocycles. The van der Waals surface area contributed by atoms with Crippen molar-refractivity contribution >= 4 is 5.91 Å². The van der Waals surface area contributed by atoms with Crippen LogP contribution in [0.15, 0.2) is 30.3 Å². The average Bonchev–Trinajstić information content (AvgIpc) is 3.01. The lowest BCUT2D eigenvalue weighted by molar-refractivity contribution is -0.122. The largest absolute Gasteiger partial charge is 0.353 e. The molecule has 1 aromatic rings. The number of likely N-dealkylation sites (tertiary alicyclic amines) is 1.